The number of carbonyl (C=O) groups excluding carboxylic acids is 1. The number of piperidine rings is 1. The zero-order valence-electron chi connectivity index (χ0n) is 18.5. The molecule has 0 unspecified atom stereocenters. The first-order valence-electron chi connectivity index (χ1n) is 11.0. The summed E-state index contributed by atoms with van der Waals surface area (Å²) in [5.74, 6) is 0.698. The van der Waals surface area contributed by atoms with E-state index in [9.17, 15) is 4.79 Å². The molecule has 0 saturated carbocycles. The molecule has 0 radical (unpaired) electrons. The van der Waals surface area contributed by atoms with E-state index in [0.717, 1.165) is 61.0 Å². The molecule has 1 N–H and O–H groups in total. The fourth-order valence-electron chi connectivity index (χ4n) is 4.02. The van der Waals surface area contributed by atoms with Crippen molar-refractivity contribution in [2.45, 2.75) is 32.8 Å². The van der Waals surface area contributed by atoms with Crippen molar-refractivity contribution in [3.63, 3.8) is 0 Å². The van der Waals surface area contributed by atoms with Crippen molar-refractivity contribution in [2.24, 2.45) is 13.0 Å². The van der Waals surface area contributed by atoms with Gasteiger partial charge in [-0.2, -0.15) is 5.10 Å². The number of hydrogen-bond acceptors (Lipinski definition) is 5. The van der Waals surface area contributed by atoms with Gasteiger partial charge in [0.1, 0.15) is 5.82 Å². The van der Waals surface area contributed by atoms with Gasteiger partial charge in [0.25, 0.3) is 0 Å². The molecule has 1 amide bonds. The molecule has 164 valence electrons. The van der Waals surface area contributed by atoms with Crippen LogP contribution in [0.15, 0.2) is 42.9 Å². The number of benzene rings is 1. The van der Waals surface area contributed by atoms with Gasteiger partial charge in [-0.3, -0.25) is 9.48 Å². The summed E-state index contributed by atoms with van der Waals surface area (Å²) in [7, 11) is 1.91. The first-order chi connectivity index (χ1) is 15.0. The van der Waals surface area contributed by atoms with Crippen LogP contribution in [0.4, 0.5) is 5.82 Å². The van der Waals surface area contributed by atoms with E-state index in [2.05, 4.69) is 52.3 Å². The molecule has 1 aliphatic heterocycles. The van der Waals surface area contributed by atoms with Crippen molar-refractivity contribution in [1.29, 1.82) is 0 Å². The Morgan fingerprint density at radius 1 is 1.16 bits per heavy atom. The Morgan fingerprint density at radius 3 is 2.68 bits per heavy atom. The lowest BCUT2D eigenvalue weighted by Gasteiger charge is -2.31. The van der Waals surface area contributed by atoms with Gasteiger partial charge in [0.15, 0.2) is 0 Å². The molecule has 3 aromatic rings. The Morgan fingerprint density at radius 2 is 1.97 bits per heavy atom. The predicted octanol–water partition coefficient (Wildman–Crippen LogP) is 3.71. The van der Waals surface area contributed by atoms with Crippen LogP contribution in [-0.2, 0) is 16.6 Å². The van der Waals surface area contributed by atoms with E-state index in [0.29, 0.717) is 5.82 Å². The fourth-order valence-corrected chi connectivity index (χ4v) is 4.02. The highest BCUT2D eigenvalue weighted by atomic mass is 16.5. The third-order valence-corrected chi connectivity index (χ3v) is 5.83. The summed E-state index contributed by atoms with van der Waals surface area (Å²) >= 11 is 0. The average molecular weight is 422 g/mol. The maximum absolute atomic E-state index is 12.8. The second-order valence-corrected chi connectivity index (χ2v) is 8.56. The second-order valence-electron chi connectivity index (χ2n) is 8.56. The lowest BCUT2D eigenvalue weighted by atomic mass is 9.96. The summed E-state index contributed by atoms with van der Waals surface area (Å²) in [6.45, 7) is 7.64. The van der Waals surface area contributed by atoms with Gasteiger partial charge in [-0.25, -0.2) is 4.98 Å². The van der Waals surface area contributed by atoms with E-state index in [4.69, 9.17) is 4.74 Å². The van der Waals surface area contributed by atoms with Gasteiger partial charge in [0, 0.05) is 42.9 Å². The van der Waals surface area contributed by atoms with Gasteiger partial charge in [0.05, 0.1) is 18.9 Å². The number of fused-ring (bicyclic) bond motifs is 1. The number of nitrogens with zero attached hydrogens (tertiary/aromatic N) is 4. The highest BCUT2D eigenvalue weighted by molar-refractivity contribution is 5.95. The lowest BCUT2D eigenvalue weighted by molar-refractivity contribution is -0.121. The maximum atomic E-state index is 12.8. The van der Waals surface area contributed by atoms with E-state index in [1.54, 1.807) is 4.68 Å². The van der Waals surface area contributed by atoms with Crippen LogP contribution in [0.25, 0.3) is 21.9 Å². The molecular formula is C24H31N5O2. The van der Waals surface area contributed by atoms with E-state index in [-0.39, 0.29) is 17.9 Å². The molecule has 0 atom stereocenters. The number of rotatable bonds is 7. The number of aryl methyl sites for hydroxylation is 1. The topological polar surface area (TPSA) is 72.3 Å². The summed E-state index contributed by atoms with van der Waals surface area (Å²) in [6, 6.07) is 8.18. The Bertz CT molecular complexity index is 1040. The Kier molecular flexibility index (Phi) is 6.63. The molecule has 3 heterocycles. The van der Waals surface area contributed by atoms with Crippen LogP contribution in [0.5, 0.6) is 0 Å². The first-order valence-corrected chi connectivity index (χ1v) is 11.0. The van der Waals surface area contributed by atoms with Crippen molar-refractivity contribution >= 4 is 22.5 Å². The predicted molar refractivity (Wildman–Crippen MR) is 123 cm³/mol. The minimum absolute atomic E-state index is 0.0292. The molecule has 31 heavy (non-hydrogen) atoms. The van der Waals surface area contributed by atoms with Gasteiger partial charge >= 0.3 is 0 Å². The van der Waals surface area contributed by atoms with Crippen LogP contribution in [0.2, 0.25) is 0 Å². The summed E-state index contributed by atoms with van der Waals surface area (Å²) in [6.07, 6.45) is 7.66. The average Bonchev–Trinajstić information content (AvgIpc) is 3.20. The van der Waals surface area contributed by atoms with E-state index >= 15 is 0 Å². The Hall–Kier alpha value is -2.77. The number of nitrogens with one attached hydrogen (secondary N) is 1. The summed E-state index contributed by atoms with van der Waals surface area (Å²) in [4.78, 5) is 19.6. The van der Waals surface area contributed by atoms with Crippen LogP contribution < -0.4 is 5.32 Å². The molecule has 7 nitrogen and oxygen atoms in total. The highest BCUT2D eigenvalue weighted by Gasteiger charge is 2.25. The minimum Gasteiger partial charge on any atom is -0.377 e. The maximum Gasteiger partial charge on any atom is 0.228 e. The smallest absolute Gasteiger partial charge is 0.228 e. The van der Waals surface area contributed by atoms with Crippen molar-refractivity contribution in [1.82, 2.24) is 19.7 Å². The molecule has 1 aromatic carbocycles. The summed E-state index contributed by atoms with van der Waals surface area (Å²) in [5.41, 5.74) is 2.16. The third-order valence-electron chi connectivity index (χ3n) is 5.83. The van der Waals surface area contributed by atoms with Gasteiger partial charge in [-0.05, 0) is 62.9 Å². The normalized spacial score (nSPS) is 15.6. The van der Waals surface area contributed by atoms with Gasteiger partial charge < -0.3 is 15.0 Å². The number of amides is 1. The molecule has 0 bridgehead atoms. The summed E-state index contributed by atoms with van der Waals surface area (Å²) in [5, 5.41) is 9.37. The number of pyridine rings is 1. The SMILES string of the molecule is CC(C)OCCN1CCC(C(=O)Nc2cc3cc(-c4cnn(C)c4)ccc3cn2)CC1. The number of anilines is 1. The Labute approximate surface area is 183 Å². The Balaban J connectivity index is 1.36. The zero-order chi connectivity index (χ0) is 21.8. The van der Waals surface area contributed by atoms with Crippen molar-refractivity contribution in [3.05, 3.63) is 42.9 Å². The molecule has 1 saturated heterocycles. The third kappa shape index (κ3) is 5.48. The van der Waals surface area contributed by atoms with E-state index in [1.165, 1.54) is 0 Å². The number of aromatic nitrogens is 3. The van der Waals surface area contributed by atoms with Crippen LogP contribution >= 0.6 is 0 Å². The molecule has 0 aliphatic carbocycles. The first kappa shape index (κ1) is 21.5. The van der Waals surface area contributed by atoms with E-state index in [1.807, 2.05) is 31.7 Å². The van der Waals surface area contributed by atoms with Gasteiger partial charge in [0.2, 0.25) is 5.91 Å². The summed E-state index contributed by atoms with van der Waals surface area (Å²) < 4.78 is 7.43. The molecule has 2 aromatic heterocycles. The molecule has 1 fully saturated rings. The van der Waals surface area contributed by atoms with Crippen molar-refractivity contribution in [2.75, 3.05) is 31.6 Å². The highest BCUT2D eigenvalue weighted by Crippen LogP contribution is 2.26. The fraction of sp³-hybridized carbons (Fsp3) is 0.458. The van der Waals surface area contributed by atoms with Crippen LogP contribution in [0.1, 0.15) is 26.7 Å². The van der Waals surface area contributed by atoms with Crippen LogP contribution in [0.3, 0.4) is 0 Å². The second kappa shape index (κ2) is 9.58. The largest absolute Gasteiger partial charge is 0.377 e. The van der Waals surface area contributed by atoms with Crippen LogP contribution in [-0.4, -0.2) is 57.9 Å². The molecule has 4 rings (SSSR count). The number of hydrogen-bond donors (Lipinski definition) is 1. The lowest BCUT2D eigenvalue weighted by Crippen LogP contribution is -2.39. The number of likely N-dealkylation sites (tertiary alicyclic amines) is 1. The standard InChI is InChI=1S/C24H31N5O2/c1-17(2)31-11-10-29-8-6-18(7-9-29)24(30)27-23-13-21-12-19(4-5-20(21)14-25-23)22-15-26-28(3)16-22/h4-5,12-18H,6-11H2,1-3H3,(H,25,27,30). The van der Waals surface area contributed by atoms with Crippen molar-refractivity contribution in [3.8, 4) is 11.1 Å². The number of carbonyl (C=O) groups is 1. The molecule has 0 spiro atoms. The van der Waals surface area contributed by atoms with Gasteiger partial charge in [-0.1, -0.05) is 12.1 Å². The number of ether oxygens (including phenoxy) is 1. The monoisotopic (exact) mass is 421 g/mol. The van der Waals surface area contributed by atoms with Crippen LogP contribution in [0, 0.1) is 5.92 Å². The quantitative estimate of drug-likeness (QED) is 0.630. The minimum atomic E-state index is 0.0292. The molecule has 1 aliphatic rings. The zero-order valence-corrected chi connectivity index (χ0v) is 18.5. The van der Waals surface area contributed by atoms with E-state index < -0.39 is 0 Å². The van der Waals surface area contributed by atoms with Gasteiger partial charge in [-0.15, -0.1) is 0 Å². The van der Waals surface area contributed by atoms with Crippen molar-refractivity contribution < 1.29 is 9.53 Å². The molecular weight excluding hydrogens is 390 g/mol. The molecule has 7 heteroatoms.